The summed E-state index contributed by atoms with van der Waals surface area (Å²) in [7, 11) is 0. The summed E-state index contributed by atoms with van der Waals surface area (Å²) < 4.78 is 5.85. The minimum absolute atomic E-state index is 0.148. The fourth-order valence-electron chi connectivity index (χ4n) is 2.12. The van der Waals surface area contributed by atoms with Crippen LogP contribution in [0.3, 0.4) is 0 Å². The van der Waals surface area contributed by atoms with Crippen molar-refractivity contribution in [3.05, 3.63) is 60.2 Å². The predicted molar refractivity (Wildman–Crippen MR) is 83.0 cm³/mol. The molecule has 0 radical (unpaired) electrons. The highest BCUT2D eigenvalue weighted by Crippen LogP contribution is 2.24. The van der Waals surface area contributed by atoms with Gasteiger partial charge in [0, 0.05) is 18.6 Å². The highest BCUT2D eigenvalue weighted by molar-refractivity contribution is 5.35. The molecule has 2 aromatic carbocycles. The van der Waals surface area contributed by atoms with E-state index in [0.29, 0.717) is 12.6 Å². The molecule has 0 bridgehead atoms. The fraction of sp³-hybridized carbons (Fsp3) is 0.294. The second-order valence-electron chi connectivity index (χ2n) is 5.10. The molecule has 2 rings (SSSR count). The molecule has 0 saturated heterocycles. The summed E-state index contributed by atoms with van der Waals surface area (Å²) in [5.74, 6) is 1.67. The Hall–Kier alpha value is -1.84. The average molecular weight is 270 g/mol. The predicted octanol–water partition coefficient (Wildman–Crippen LogP) is 3.48. The van der Waals surface area contributed by atoms with Crippen molar-refractivity contribution >= 4 is 0 Å². The van der Waals surface area contributed by atoms with Gasteiger partial charge in [-0.05, 0) is 29.8 Å². The van der Waals surface area contributed by atoms with E-state index >= 15 is 0 Å². The summed E-state index contributed by atoms with van der Waals surface area (Å²) >= 11 is 0. The van der Waals surface area contributed by atoms with Crippen LogP contribution in [0.2, 0.25) is 0 Å². The summed E-state index contributed by atoms with van der Waals surface area (Å²) in [6.45, 7) is 4.80. The topological polar surface area (TPSA) is 47.3 Å². The van der Waals surface area contributed by atoms with Gasteiger partial charge in [-0.25, -0.2) is 0 Å². The van der Waals surface area contributed by atoms with E-state index in [9.17, 15) is 0 Å². The third-order valence-electron chi connectivity index (χ3n) is 3.01. The van der Waals surface area contributed by atoms with Crippen LogP contribution < -0.4 is 15.8 Å². The van der Waals surface area contributed by atoms with Crippen molar-refractivity contribution in [1.82, 2.24) is 5.32 Å². The number of nitrogens with two attached hydrogens (primary N) is 1. The minimum Gasteiger partial charge on any atom is -0.457 e. The molecular formula is C17H22N2O. The summed E-state index contributed by atoms with van der Waals surface area (Å²) in [6.07, 6.45) is 0. The number of benzene rings is 2. The third-order valence-corrected chi connectivity index (χ3v) is 3.01. The van der Waals surface area contributed by atoms with Crippen molar-refractivity contribution in [3.63, 3.8) is 0 Å². The smallest absolute Gasteiger partial charge is 0.127 e. The molecule has 0 spiro atoms. The van der Waals surface area contributed by atoms with Crippen LogP contribution in [0, 0.1) is 0 Å². The van der Waals surface area contributed by atoms with Crippen LogP contribution in [0.25, 0.3) is 0 Å². The van der Waals surface area contributed by atoms with Gasteiger partial charge in [-0.2, -0.15) is 0 Å². The lowest BCUT2D eigenvalue weighted by atomic mass is 10.1. The maximum atomic E-state index is 5.85. The minimum atomic E-state index is 0.148. The van der Waals surface area contributed by atoms with Gasteiger partial charge >= 0.3 is 0 Å². The van der Waals surface area contributed by atoms with Gasteiger partial charge < -0.3 is 15.8 Å². The number of ether oxygens (including phenoxy) is 1. The molecule has 0 aliphatic heterocycles. The molecule has 0 aliphatic rings. The Morgan fingerprint density at radius 1 is 1.00 bits per heavy atom. The first-order valence-corrected chi connectivity index (χ1v) is 6.98. The summed E-state index contributed by atoms with van der Waals surface area (Å²) in [6, 6.07) is 18.4. The van der Waals surface area contributed by atoms with E-state index in [0.717, 1.165) is 17.1 Å². The van der Waals surface area contributed by atoms with Crippen molar-refractivity contribution in [1.29, 1.82) is 0 Å². The lowest BCUT2D eigenvalue weighted by Gasteiger charge is -2.20. The van der Waals surface area contributed by atoms with E-state index in [1.165, 1.54) is 0 Å². The van der Waals surface area contributed by atoms with Gasteiger partial charge in [0.05, 0.1) is 0 Å². The van der Waals surface area contributed by atoms with Crippen molar-refractivity contribution in [2.24, 2.45) is 5.73 Å². The summed E-state index contributed by atoms with van der Waals surface area (Å²) in [4.78, 5) is 0. The molecule has 0 fully saturated rings. The largest absolute Gasteiger partial charge is 0.457 e. The Bertz CT molecular complexity index is 526. The van der Waals surface area contributed by atoms with Gasteiger partial charge in [-0.15, -0.1) is 0 Å². The summed E-state index contributed by atoms with van der Waals surface area (Å²) in [5.41, 5.74) is 7.00. The normalized spacial score (nSPS) is 12.4. The Balaban J connectivity index is 2.14. The first kappa shape index (κ1) is 14.6. The fourth-order valence-corrected chi connectivity index (χ4v) is 2.12. The van der Waals surface area contributed by atoms with Gasteiger partial charge in [0.25, 0.3) is 0 Å². The van der Waals surface area contributed by atoms with E-state index in [1.54, 1.807) is 0 Å². The second-order valence-corrected chi connectivity index (χ2v) is 5.10. The second kappa shape index (κ2) is 7.08. The molecular weight excluding hydrogens is 248 g/mol. The van der Waals surface area contributed by atoms with Crippen molar-refractivity contribution in [3.8, 4) is 11.5 Å². The quantitative estimate of drug-likeness (QED) is 0.845. The molecule has 0 aromatic heterocycles. The van der Waals surface area contributed by atoms with Crippen LogP contribution in [0.5, 0.6) is 11.5 Å². The van der Waals surface area contributed by atoms with Crippen LogP contribution in [0.15, 0.2) is 54.6 Å². The molecule has 20 heavy (non-hydrogen) atoms. The molecule has 3 N–H and O–H groups in total. The Morgan fingerprint density at radius 2 is 1.70 bits per heavy atom. The molecule has 1 unspecified atom stereocenters. The van der Waals surface area contributed by atoms with Gasteiger partial charge in [0.1, 0.15) is 11.5 Å². The number of hydrogen-bond acceptors (Lipinski definition) is 3. The highest BCUT2D eigenvalue weighted by atomic mass is 16.5. The third kappa shape index (κ3) is 4.08. The van der Waals surface area contributed by atoms with Gasteiger partial charge in [0.15, 0.2) is 0 Å². The van der Waals surface area contributed by atoms with E-state index in [1.807, 2.05) is 48.5 Å². The van der Waals surface area contributed by atoms with E-state index in [2.05, 4.69) is 25.2 Å². The zero-order chi connectivity index (χ0) is 14.4. The van der Waals surface area contributed by atoms with E-state index in [-0.39, 0.29) is 6.04 Å². The van der Waals surface area contributed by atoms with Crippen LogP contribution in [0.1, 0.15) is 25.5 Å². The van der Waals surface area contributed by atoms with Crippen LogP contribution in [-0.4, -0.2) is 12.6 Å². The van der Waals surface area contributed by atoms with Gasteiger partial charge in [-0.3, -0.25) is 0 Å². The van der Waals surface area contributed by atoms with E-state index < -0.39 is 0 Å². The number of nitrogens with one attached hydrogen (secondary N) is 1. The maximum absolute atomic E-state index is 5.85. The SMILES string of the molecule is CC(C)NC(CN)c1cccc(Oc2ccccc2)c1. The molecule has 3 heteroatoms. The van der Waals surface area contributed by atoms with Crippen LogP contribution >= 0.6 is 0 Å². The summed E-state index contributed by atoms with van der Waals surface area (Å²) in [5, 5.41) is 3.46. The number of hydrogen-bond donors (Lipinski definition) is 2. The zero-order valence-electron chi connectivity index (χ0n) is 12.0. The Kier molecular flexibility index (Phi) is 5.16. The maximum Gasteiger partial charge on any atom is 0.127 e. The number of para-hydroxylation sites is 1. The molecule has 0 aliphatic carbocycles. The zero-order valence-corrected chi connectivity index (χ0v) is 12.0. The van der Waals surface area contributed by atoms with Gasteiger partial charge in [-0.1, -0.05) is 44.2 Å². The van der Waals surface area contributed by atoms with Crippen molar-refractivity contribution in [2.45, 2.75) is 25.9 Å². The van der Waals surface area contributed by atoms with Crippen molar-refractivity contribution in [2.75, 3.05) is 6.54 Å². The molecule has 1 atom stereocenters. The van der Waals surface area contributed by atoms with Crippen molar-refractivity contribution < 1.29 is 4.74 Å². The monoisotopic (exact) mass is 270 g/mol. The van der Waals surface area contributed by atoms with Crippen LogP contribution in [0.4, 0.5) is 0 Å². The van der Waals surface area contributed by atoms with E-state index in [4.69, 9.17) is 10.5 Å². The molecule has 0 amide bonds. The molecule has 0 heterocycles. The van der Waals surface area contributed by atoms with Crippen LogP contribution in [-0.2, 0) is 0 Å². The average Bonchev–Trinajstić information content (AvgIpc) is 2.46. The highest BCUT2D eigenvalue weighted by Gasteiger charge is 2.11. The lowest BCUT2D eigenvalue weighted by molar-refractivity contribution is 0.468. The molecule has 106 valence electrons. The molecule has 3 nitrogen and oxygen atoms in total. The standard InChI is InChI=1S/C17H22N2O/c1-13(2)19-17(12-18)14-7-6-10-16(11-14)20-15-8-4-3-5-9-15/h3-11,13,17,19H,12,18H2,1-2H3. The lowest BCUT2D eigenvalue weighted by Crippen LogP contribution is -2.33. The Labute approximate surface area is 120 Å². The first-order valence-electron chi connectivity index (χ1n) is 6.98. The van der Waals surface area contributed by atoms with Gasteiger partial charge in [0.2, 0.25) is 0 Å². The first-order chi connectivity index (χ1) is 9.69. The molecule has 0 saturated carbocycles. The molecule has 2 aromatic rings. The number of rotatable bonds is 6. The Morgan fingerprint density at radius 3 is 2.35 bits per heavy atom.